The highest BCUT2D eigenvalue weighted by atomic mass is 16.6. The van der Waals surface area contributed by atoms with E-state index in [4.69, 9.17) is 14.2 Å². The summed E-state index contributed by atoms with van der Waals surface area (Å²) in [5.74, 6) is -0.916. The van der Waals surface area contributed by atoms with Crippen LogP contribution < -0.4 is 0 Å². The van der Waals surface area contributed by atoms with Gasteiger partial charge in [-0.15, -0.1) is 0 Å². The molecule has 0 aromatic rings. The predicted octanol–water partition coefficient (Wildman–Crippen LogP) is 24.2. The maximum Gasteiger partial charge on any atom is 0.306 e. The lowest BCUT2D eigenvalue weighted by atomic mass is 10.0. The van der Waals surface area contributed by atoms with Gasteiger partial charge in [-0.2, -0.15) is 0 Å². The lowest BCUT2D eigenvalue weighted by Crippen LogP contribution is -2.30. The number of allylic oxidation sites excluding steroid dienone is 18. The second-order valence-corrected chi connectivity index (χ2v) is 23.0. The summed E-state index contributed by atoms with van der Waals surface area (Å²) >= 11 is 0. The van der Waals surface area contributed by atoms with Crippen LogP contribution in [0.1, 0.15) is 335 Å². The number of carbonyl (C=O) groups is 3. The van der Waals surface area contributed by atoms with E-state index in [1.807, 2.05) is 0 Å². The maximum atomic E-state index is 12.9. The third-order valence-electron chi connectivity index (χ3n) is 15.0. The minimum absolute atomic E-state index is 0.0881. The molecule has 0 aliphatic carbocycles. The van der Waals surface area contributed by atoms with Gasteiger partial charge < -0.3 is 14.2 Å². The zero-order valence-electron chi connectivity index (χ0n) is 54.0. The highest BCUT2D eigenvalue weighted by Crippen LogP contribution is 2.17. The summed E-state index contributed by atoms with van der Waals surface area (Å²) < 4.78 is 16.9. The van der Waals surface area contributed by atoms with E-state index in [0.717, 1.165) is 116 Å². The molecular formula is C76H130O6. The molecule has 82 heavy (non-hydrogen) atoms. The zero-order valence-corrected chi connectivity index (χ0v) is 54.0. The minimum atomic E-state index is -0.795. The Morgan fingerprint density at radius 2 is 0.476 bits per heavy atom. The van der Waals surface area contributed by atoms with E-state index >= 15 is 0 Å². The topological polar surface area (TPSA) is 78.9 Å². The summed E-state index contributed by atoms with van der Waals surface area (Å²) in [6.45, 7) is 6.42. The van der Waals surface area contributed by atoms with Crippen LogP contribution in [-0.4, -0.2) is 37.2 Å². The SMILES string of the molecule is CC/C=C\C/C=C\C/C=C\C/C=C\C/C=C\CCCCCCCCCCCCCCCCCC(=O)OCC(COC(=O)CCCC/C=C\C/C=C\C/C=C\C/C=C\CC)OC(=O)CCCCCCCCCCCCCCCCCCCC. The van der Waals surface area contributed by atoms with Gasteiger partial charge in [-0.25, -0.2) is 0 Å². The Morgan fingerprint density at radius 1 is 0.256 bits per heavy atom. The molecule has 1 unspecified atom stereocenters. The third-order valence-corrected chi connectivity index (χ3v) is 15.0. The molecule has 0 N–H and O–H groups in total. The first-order chi connectivity index (χ1) is 40.5. The van der Waals surface area contributed by atoms with Crippen LogP contribution in [0.5, 0.6) is 0 Å². The van der Waals surface area contributed by atoms with Crippen LogP contribution in [0.4, 0.5) is 0 Å². The average molecular weight is 1140 g/mol. The molecule has 0 spiro atoms. The van der Waals surface area contributed by atoms with E-state index < -0.39 is 6.10 Å². The van der Waals surface area contributed by atoms with Crippen LogP contribution in [0.25, 0.3) is 0 Å². The van der Waals surface area contributed by atoms with Crippen molar-refractivity contribution >= 4 is 17.9 Å². The van der Waals surface area contributed by atoms with Crippen LogP contribution in [-0.2, 0) is 28.6 Å². The lowest BCUT2D eigenvalue weighted by Gasteiger charge is -2.18. The molecule has 0 aliphatic rings. The maximum absolute atomic E-state index is 12.9. The average Bonchev–Trinajstić information content (AvgIpc) is 3.47. The highest BCUT2D eigenvalue weighted by molar-refractivity contribution is 5.71. The van der Waals surface area contributed by atoms with Crippen molar-refractivity contribution in [2.45, 2.75) is 341 Å². The van der Waals surface area contributed by atoms with Gasteiger partial charge in [0.2, 0.25) is 0 Å². The molecule has 0 bridgehead atoms. The Morgan fingerprint density at radius 3 is 0.768 bits per heavy atom. The van der Waals surface area contributed by atoms with Gasteiger partial charge in [0.1, 0.15) is 13.2 Å². The van der Waals surface area contributed by atoms with E-state index in [0.29, 0.717) is 19.3 Å². The summed E-state index contributed by atoms with van der Waals surface area (Å²) in [7, 11) is 0. The number of rotatable bonds is 63. The Labute approximate surface area is 508 Å². The molecule has 0 saturated heterocycles. The first-order valence-electron chi connectivity index (χ1n) is 34.9. The van der Waals surface area contributed by atoms with Crippen molar-refractivity contribution in [3.05, 3.63) is 109 Å². The first-order valence-corrected chi connectivity index (χ1v) is 34.9. The van der Waals surface area contributed by atoms with Gasteiger partial charge in [0.15, 0.2) is 6.10 Å². The molecule has 0 rings (SSSR count). The van der Waals surface area contributed by atoms with Gasteiger partial charge in [-0.05, 0) is 103 Å². The van der Waals surface area contributed by atoms with Crippen molar-refractivity contribution in [3.63, 3.8) is 0 Å². The zero-order chi connectivity index (χ0) is 59.2. The monoisotopic (exact) mass is 1140 g/mol. The molecule has 6 nitrogen and oxygen atoms in total. The molecule has 470 valence electrons. The fourth-order valence-electron chi connectivity index (χ4n) is 9.88. The normalized spacial score (nSPS) is 12.8. The predicted molar refractivity (Wildman–Crippen MR) is 357 cm³/mol. The van der Waals surface area contributed by atoms with Crippen LogP contribution in [0.3, 0.4) is 0 Å². The fraction of sp³-hybridized carbons (Fsp3) is 0.724. The van der Waals surface area contributed by atoms with Gasteiger partial charge in [0.05, 0.1) is 0 Å². The number of hydrogen-bond donors (Lipinski definition) is 0. The number of unbranched alkanes of at least 4 members (excludes halogenated alkanes) is 34. The van der Waals surface area contributed by atoms with Gasteiger partial charge in [-0.3, -0.25) is 14.4 Å². The second-order valence-electron chi connectivity index (χ2n) is 23.0. The van der Waals surface area contributed by atoms with Gasteiger partial charge in [-0.1, -0.05) is 323 Å². The Hall–Kier alpha value is -3.93. The Bertz CT molecular complexity index is 1640. The molecule has 0 heterocycles. The molecule has 0 aromatic carbocycles. The van der Waals surface area contributed by atoms with Gasteiger partial charge in [0.25, 0.3) is 0 Å². The van der Waals surface area contributed by atoms with E-state index in [1.165, 1.54) is 180 Å². The largest absolute Gasteiger partial charge is 0.462 e. The molecule has 0 radical (unpaired) electrons. The summed E-state index contributed by atoms with van der Waals surface area (Å²) in [5.41, 5.74) is 0. The summed E-state index contributed by atoms with van der Waals surface area (Å²) in [6.07, 6.45) is 95.5. The minimum Gasteiger partial charge on any atom is -0.462 e. The van der Waals surface area contributed by atoms with Crippen molar-refractivity contribution in [1.29, 1.82) is 0 Å². The lowest BCUT2D eigenvalue weighted by molar-refractivity contribution is -0.167. The molecule has 1 atom stereocenters. The molecule has 0 saturated carbocycles. The number of ether oxygens (including phenoxy) is 3. The molecule has 0 amide bonds. The number of carbonyl (C=O) groups excluding carboxylic acids is 3. The van der Waals surface area contributed by atoms with Gasteiger partial charge in [0, 0.05) is 19.3 Å². The number of esters is 3. The van der Waals surface area contributed by atoms with Crippen molar-refractivity contribution in [2.75, 3.05) is 13.2 Å². The van der Waals surface area contributed by atoms with Crippen LogP contribution >= 0.6 is 0 Å². The molecule has 0 aromatic heterocycles. The quantitative estimate of drug-likeness (QED) is 0.0261. The third kappa shape index (κ3) is 66.9. The Balaban J connectivity index is 4.27. The second kappa shape index (κ2) is 69.6. The van der Waals surface area contributed by atoms with Gasteiger partial charge >= 0.3 is 17.9 Å². The molecule has 6 heteroatoms. The fourth-order valence-corrected chi connectivity index (χ4v) is 9.88. The summed E-state index contributed by atoms with van der Waals surface area (Å²) in [5, 5.41) is 0. The Kier molecular flexibility index (Phi) is 66.2. The van der Waals surface area contributed by atoms with Crippen molar-refractivity contribution in [3.8, 4) is 0 Å². The summed E-state index contributed by atoms with van der Waals surface area (Å²) in [6, 6.07) is 0. The standard InChI is InChI=1S/C76H130O6/c1-4-7-10-13-16-19-22-25-28-30-32-33-34-35-36-37-38-39-40-41-42-43-44-46-48-51-54-57-60-63-66-69-75(78)81-72-73(71-80-74(77)68-65-62-59-56-53-50-47-27-24-21-18-15-12-9-6-3)82-76(79)70-67-64-61-58-55-52-49-45-31-29-26-23-20-17-14-11-8-5-2/h7,9-10,12,16,18-19,21,25,27-28,32-33,35-36,47,53,56,73H,4-6,8,11,13-15,17,20,22-24,26,29-31,34,37-46,48-52,54-55,57-72H2,1-3H3/b10-7-,12-9-,19-16-,21-18-,28-25-,33-32-,36-35-,47-27-,56-53-. The van der Waals surface area contributed by atoms with Crippen LogP contribution in [0, 0.1) is 0 Å². The van der Waals surface area contributed by atoms with Crippen LogP contribution in [0.15, 0.2) is 109 Å². The molecule has 0 aliphatic heterocycles. The smallest absolute Gasteiger partial charge is 0.306 e. The highest BCUT2D eigenvalue weighted by Gasteiger charge is 2.19. The summed E-state index contributed by atoms with van der Waals surface area (Å²) in [4.78, 5) is 38.4. The van der Waals surface area contributed by atoms with E-state index in [1.54, 1.807) is 0 Å². The first kappa shape index (κ1) is 78.1. The van der Waals surface area contributed by atoms with Crippen molar-refractivity contribution in [1.82, 2.24) is 0 Å². The van der Waals surface area contributed by atoms with Crippen LogP contribution in [0.2, 0.25) is 0 Å². The van der Waals surface area contributed by atoms with Crippen molar-refractivity contribution in [2.24, 2.45) is 0 Å². The molecule has 0 fully saturated rings. The van der Waals surface area contributed by atoms with Crippen molar-refractivity contribution < 1.29 is 28.6 Å². The molecular weight excluding hydrogens is 1010 g/mol. The van der Waals surface area contributed by atoms with E-state index in [-0.39, 0.29) is 31.1 Å². The van der Waals surface area contributed by atoms with E-state index in [9.17, 15) is 14.4 Å². The number of hydrogen-bond acceptors (Lipinski definition) is 6. The van der Waals surface area contributed by atoms with E-state index in [2.05, 4.69) is 130 Å².